The number of anilines is 1. The summed E-state index contributed by atoms with van der Waals surface area (Å²) >= 11 is -0.572. The Hall–Kier alpha value is -2.24. The maximum atomic E-state index is 5.64. The van der Waals surface area contributed by atoms with Crippen LogP contribution in [0.3, 0.4) is 0 Å². The Morgan fingerprint density at radius 2 is 2.12 bits per heavy atom. The van der Waals surface area contributed by atoms with E-state index in [1.54, 1.807) is 0 Å². The quantitative estimate of drug-likeness (QED) is 0.245. The van der Waals surface area contributed by atoms with Crippen LogP contribution in [0.2, 0.25) is 11.6 Å². The maximum absolute atomic E-state index is 5.64. The van der Waals surface area contributed by atoms with Gasteiger partial charge in [0.05, 0.1) is 5.82 Å². The standard InChI is InChI=1S/C26H41N6Se/c1-7-8-11-22-12-13-24(32-16-14-23(30-32)19-33(5)6)29-25(22)31-18-21(17-26(31,3)4)10-9-15-28-20(2)27/h7,12-14,16,21,28H,1-2,8-11,15,17-19,27H2,3-6H3. The van der Waals surface area contributed by atoms with Crippen molar-refractivity contribution >= 4 is 19.7 Å². The molecule has 0 amide bonds. The Labute approximate surface area is 204 Å². The van der Waals surface area contributed by atoms with Crippen LogP contribution in [0.15, 0.2) is 49.5 Å². The Bertz CT molecular complexity index is 948. The average Bonchev–Trinajstić information content (AvgIpc) is 3.32. The predicted octanol–water partition coefficient (Wildman–Crippen LogP) is 4.63. The van der Waals surface area contributed by atoms with Crippen LogP contribution >= 0.6 is 0 Å². The number of nitrogens with two attached hydrogens (primary N) is 1. The van der Waals surface area contributed by atoms with E-state index in [1.165, 1.54) is 17.7 Å². The van der Waals surface area contributed by atoms with Gasteiger partial charge in [0.1, 0.15) is 0 Å². The van der Waals surface area contributed by atoms with Gasteiger partial charge in [-0.15, -0.1) is 0 Å². The number of aromatic nitrogens is 3. The average molecular weight is 517 g/mol. The first kappa shape index (κ1) is 25.4. The van der Waals surface area contributed by atoms with Gasteiger partial charge in [-0.3, -0.25) is 0 Å². The van der Waals surface area contributed by atoms with E-state index in [4.69, 9.17) is 15.8 Å². The first-order valence-electron chi connectivity index (χ1n) is 11.9. The number of nitrogens with one attached hydrogen (secondary N) is 1. The number of allylic oxidation sites excluding steroid dienone is 1. The van der Waals surface area contributed by atoms with Crippen molar-refractivity contribution in [2.45, 2.75) is 68.5 Å². The predicted molar refractivity (Wildman–Crippen MR) is 141 cm³/mol. The van der Waals surface area contributed by atoms with Crippen LogP contribution in [0.5, 0.6) is 0 Å². The molecular weight excluding hydrogens is 475 g/mol. The monoisotopic (exact) mass is 517 g/mol. The summed E-state index contributed by atoms with van der Waals surface area (Å²) in [6, 6.07) is 6.48. The normalized spacial score (nSPS) is 17.5. The molecule has 0 aliphatic carbocycles. The molecule has 3 rings (SSSR count). The van der Waals surface area contributed by atoms with E-state index in [1.807, 2.05) is 10.8 Å². The third-order valence-electron chi connectivity index (χ3n) is 6.23. The zero-order valence-electron chi connectivity index (χ0n) is 20.8. The SMILES string of the molecule is C=CCCc1ccc(-n2ccc(C[Se](C)C)n2)nc1N1CC(CCCNC(=C)N)CC1(C)C. The zero-order chi connectivity index (χ0) is 24.0. The summed E-state index contributed by atoms with van der Waals surface area (Å²) in [5.74, 6) is 7.87. The number of hydrogen-bond donors (Lipinski definition) is 2. The molecule has 1 radical (unpaired) electrons. The molecule has 1 saturated heterocycles. The van der Waals surface area contributed by atoms with E-state index in [-0.39, 0.29) is 5.54 Å². The molecule has 0 bridgehead atoms. The summed E-state index contributed by atoms with van der Waals surface area (Å²) in [6.45, 7) is 14.2. The number of rotatable bonds is 12. The van der Waals surface area contributed by atoms with Crippen LogP contribution in [-0.4, -0.2) is 47.3 Å². The Morgan fingerprint density at radius 1 is 1.33 bits per heavy atom. The van der Waals surface area contributed by atoms with E-state index < -0.39 is 13.9 Å². The number of nitrogens with zero attached hydrogens (tertiary/aromatic N) is 4. The van der Waals surface area contributed by atoms with Crippen molar-refractivity contribution in [1.29, 1.82) is 0 Å². The van der Waals surface area contributed by atoms with E-state index in [0.29, 0.717) is 11.7 Å². The van der Waals surface area contributed by atoms with E-state index in [9.17, 15) is 0 Å². The topological polar surface area (TPSA) is 72.0 Å². The second kappa shape index (κ2) is 11.3. The van der Waals surface area contributed by atoms with E-state index in [0.717, 1.165) is 55.7 Å². The molecule has 2 aromatic heterocycles. The number of pyridine rings is 1. The van der Waals surface area contributed by atoms with Gasteiger partial charge in [0.25, 0.3) is 0 Å². The molecule has 1 fully saturated rings. The molecular formula is C26H41N6Se. The van der Waals surface area contributed by atoms with Gasteiger partial charge >= 0.3 is 174 Å². The molecule has 2 aromatic rings. The number of hydrogen-bond acceptors (Lipinski definition) is 5. The molecule has 1 unspecified atom stereocenters. The van der Waals surface area contributed by atoms with Crippen molar-refractivity contribution in [3.05, 3.63) is 60.7 Å². The number of aryl methyl sites for hydroxylation is 1. The molecule has 3 heterocycles. The Balaban J connectivity index is 1.84. The summed E-state index contributed by atoms with van der Waals surface area (Å²) in [7, 11) is 0. The molecule has 7 heteroatoms. The second-order valence-electron chi connectivity index (χ2n) is 9.95. The molecule has 1 aliphatic heterocycles. The third kappa shape index (κ3) is 6.87. The van der Waals surface area contributed by atoms with Crippen molar-refractivity contribution < 1.29 is 0 Å². The van der Waals surface area contributed by atoms with Crippen LogP contribution in [-0.2, 0) is 11.7 Å². The second-order valence-corrected chi connectivity index (χ2v) is 14.7. The van der Waals surface area contributed by atoms with Gasteiger partial charge in [-0.25, -0.2) is 0 Å². The van der Waals surface area contributed by atoms with Crippen molar-refractivity contribution in [1.82, 2.24) is 20.1 Å². The Morgan fingerprint density at radius 3 is 2.82 bits per heavy atom. The molecule has 181 valence electrons. The third-order valence-corrected chi connectivity index (χ3v) is 8.06. The van der Waals surface area contributed by atoms with Crippen LogP contribution in [0.25, 0.3) is 5.82 Å². The fraction of sp³-hybridized carbons (Fsp3) is 0.538. The summed E-state index contributed by atoms with van der Waals surface area (Å²) in [4.78, 5) is 7.71. The van der Waals surface area contributed by atoms with Crippen molar-refractivity contribution in [3.8, 4) is 5.82 Å². The van der Waals surface area contributed by atoms with Crippen LogP contribution in [0, 0.1) is 5.92 Å². The van der Waals surface area contributed by atoms with E-state index >= 15 is 0 Å². The molecule has 0 aromatic carbocycles. The molecule has 6 nitrogen and oxygen atoms in total. The van der Waals surface area contributed by atoms with Gasteiger partial charge in [0.2, 0.25) is 0 Å². The minimum absolute atomic E-state index is 0.0576. The van der Waals surface area contributed by atoms with Gasteiger partial charge in [-0.05, 0) is 0 Å². The summed E-state index contributed by atoms with van der Waals surface area (Å²) in [5, 5.41) is 9.07. The van der Waals surface area contributed by atoms with Crippen LogP contribution < -0.4 is 16.0 Å². The van der Waals surface area contributed by atoms with Gasteiger partial charge < -0.3 is 11.1 Å². The van der Waals surface area contributed by atoms with Gasteiger partial charge in [-0.2, -0.15) is 0 Å². The molecule has 0 saturated carbocycles. The molecule has 3 N–H and O–H groups in total. The van der Waals surface area contributed by atoms with Crippen LogP contribution in [0.4, 0.5) is 5.82 Å². The van der Waals surface area contributed by atoms with Crippen molar-refractivity contribution in [2.24, 2.45) is 11.7 Å². The summed E-state index contributed by atoms with van der Waals surface area (Å²) in [6.07, 6.45) is 9.37. The van der Waals surface area contributed by atoms with Crippen molar-refractivity contribution in [3.63, 3.8) is 0 Å². The molecule has 0 spiro atoms. The van der Waals surface area contributed by atoms with Crippen LogP contribution in [0.1, 0.15) is 50.8 Å². The van der Waals surface area contributed by atoms with Gasteiger partial charge in [0.15, 0.2) is 0 Å². The first-order chi connectivity index (χ1) is 15.7. The fourth-order valence-corrected chi connectivity index (χ4v) is 6.30. The Kier molecular flexibility index (Phi) is 8.66. The van der Waals surface area contributed by atoms with E-state index in [2.05, 4.69) is 73.3 Å². The summed E-state index contributed by atoms with van der Waals surface area (Å²) < 4.78 is 1.94. The van der Waals surface area contributed by atoms with Gasteiger partial charge in [-0.1, -0.05) is 6.58 Å². The fourth-order valence-electron chi connectivity index (χ4n) is 4.74. The zero-order valence-corrected chi connectivity index (χ0v) is 22.5. The molecule has 33 heavy (non-hydrogen) atoms. The first-order valence-corrected chi connectivity index (χ1v) is 16.5. The molecule has 1 aliphatic rings. The summed E-state index contributed by atoms with van der Waals surface area (Å²) in [5.41, 5.74) is 8.15. The van der Waals surface area contributed by atoms with Gasteiger partial charge in [0, 0.05) is 6.54 Å². The minimum atomic E-state index is -0.572. The van der Waals surface area contributed by atoms with Crippen molar-refractivity contribution in [2.75, 3.05) is 18.0 Å². The molecule has 1 atom stereocenters.